The number of fused-ring (bicyclic) bond motifs is 3. The van der Waals surface area contributed by atoms with Crippen LogP contribution in [-0.4, -0.2) is 27.7 Å². The Balaban J connectivity index is 2.20. The van der Waals surface area contributed by atoms with Gasteiger partial charge in [-0.05, 0) is 55.4 Å². The highest BCUT2D eigenvalue weighted by molar-refractivity contribution is 5.87. The van der Waals surface area contributed by atoms with Gasteiger partial charge in [0.15, 0.2) is 5.69 Å². The Hall–Kier alpha value is -2.30. The smallest absolute Gasteiger partial charge is 0.356 e. The van der Waals surface area contributed by atoms with Crippen LogP contribution in [0.5, 0.6) is 5.75 Å². The van der Waals surface area contributed by atoms with E-state index in [9.17, 15) is 9.90 Å². The van der Waals surface area contributed by atoms with Gasteiger partial charge in [-0.2, -0.15) is 0 Å². The van der Waals surface area contributed by atoms with E-state index < -0.39 is 5.97 Å². The molecule has 0 atom stereocenters. The molecule has 1 aromatic carbocycles. The van der Waals surface area contributed by atoms with Gasteiger partial charge in [-0.25, -0.2) is 9.78 Å². The van der Waals surface area contributed by atoms with Crippen LogP contribution in [0, 0.1) is 12.8 Å². The fraction of sp³-hybridized carbons (Fsp3) is 0.444. The average Bonchev–Trinajstić information content (AvgIpc) is 2.83. The largest absolute Gasteiger partial charge is 0.496 e. The molecule has 1 N–H and O–H groups in total. The zero-order valence-corrected chi connectivity index (χ0v) is 14.0. The first-order valence-corrected chi connectivity index (χ1v) is 7.94. The number of carboxylic acid groups (broad SMARTS) is 1. The number of aryl methyl sites for hydroxylation is 2. The SMILES string of the molecule is COc1cc2c(cc1CC(C)C)-n1c(C)nc(C(=O)O)c1CC2. The Morgan fingerprint density at radius 1 is 1.39 bits per heavy atom. The minimum Gasteiger partial charge on any atom is -0.496 e. The van der Waals surface area contributed by atoms with E-state index in [2.05, 4.69) is 31.0 Å². The zero-order chi connectivity index (χ0) is 16.7. The van der Waals surface area contributed by atoms with Gasteiger partial charge in [0, 0.05) is 0 Å². The molecule has 2 heterocycles. The maximum Gasteiger partial charge on any atom is 0.356 e. The maximum absolute atomic E-state index is 11.4. The molecule has 5 heteroatoms. The molecule has 5 nitrogen and oxygen atoms in total. The van der Waals surface area contributed by atoms with Gasteiger partial charge in [-0.1, -0.05) is 13.8 Å². The van der Waals surface area contributed by atoms with Crippen molar-refractivity contribution in [3.8, 4) is 11.4 Å². The molecule has 2 aromatic rings. The Morgan fingerprint density at radius 3 is 2.74 bits per heavy atom. The third kappa shape index (κ3) is 2.60. The Morgan fingerprint density at radius 2 is 2.13 bits per heavy atom. The Bertz CT molecular complexity index is 775. The normalized spacial score (nSPS) is 12.9. The molecule has 0 aliphatic carbocycles. The number of rotatable bonds is 4. The third-order valence-electron chi connectivity index (χ3n) is 4.32. The van der Waals surface area contributed by atoms with Gasteiger partial charge in [0.2, 0.25) is 0 Å². The number of hydrogen-bond acceptors (Lipinski definition) is 3. The molecular formula is C18H22N2O3. The van der Waals surface area contributed by atoms with Gasteiger partial charge < -0.3 is 9.84 Å². The second-order valence-corrected chi connectivity index (χ2v) is 6.49. The van der Waals surface area contributed by atoms with Crippen LogP contribution in [0.3, 0.4) is 0 Å². The van der Waals surface area contributed by atoms with Crippen molar-refractivity contribution in [1.82, 2.24) is 9.55 Å². The predicted octanol–water partition coefficient (Wildman–Crippen LogP) is 3.18. The van der Waals surface area contributed by atoms with E-state index in [4.69, 9.17) is 4.74 Å². The summed E-state index contributed by atoms with van der Waals surface area (Å²) >= 11 is 0. The molecule has 1 aliphatic rings. The molecule has 0 bridgehead atoms. The minimum absolute atomic E-state index is 0.175. The number of carbonyl (C=O) groups is 1. The lowest BCUT2D eigenvalue weighted by Crippen LogP contribution is -2.16. The molecule has 0 radical (unpaired) electrons. The molecule has 0 amide bonds. The standard InChI is InChI=1S/C18H22N2O3/c1-10(2)7-13-8-15-12(9-16(13)23-4)5-6-14-17(18(21)22)19-11(3)20(14)15/h8-10H,5-7H2,1-4H3,(H,21,22). The topological polar surface area (TPSA) is 64.4 Å². The van der Waals surface area contributed by atoms with E-state index in [1.807, 2.05) is 11.5 Å². The van der Waals surface area contributed by atoms with Gasteiger partial charge in [0.25, 0.3) is 0 Å². The van der Waals surface area contributed by atoms with Crippen molar-refractivity contribution in [1.29, 1.82) is 0 Å². The number of ether oxygens (including phenoxy) is 1. The number of aromatic carboxylic acids is 1. The molecule has 0 saturated carbocycles. The van der Waals surface area contributed by atoms with Gasteiger partial charge in [-0.3, -0.25) is 4.57 Å². The van der Waals surface area contributed by atoms with Crippen LogP contribution in [0.4, 0.5) is 0 Å². The number of hydrogen-bond donors (Lipinski definition) is 1. The summed E-state index contributed by atoms with van der Waals surface area (Å²) in [5.74, 6) is 1.20. The van der Waals surface area contributed by atoms with E-state index in [1.54, 1.807) is 7.11 Å². The van der Waals surface area contributed by atoms with Crippen molar-refractivity contribution in [2.45, 2.75) is 40.0 Å². The summed E-state index contributed by atoms with van der Waals surface area (Å²) in [6, 6.07) is 4.23. The van der Waals surface area contributed by atoms with Crippen LogP contribution in [0.25, 0.3) is 5.69 Å². The van der Waals surface area contributed by atoms with E-state index >= 15 is 0 Å². The van der Waals surface area contributed by atoms with Crippen molar-refractivity contribution >= 4 is 5.97 Å². The zero-order valence-electron chi connectivity index (χ0n) is 14.0. The van der Waals surface area contributed by atoms with Crippen LogP contribution >= 0.6 is 0 Å². The van der Waals surface area contributed by atoms with E-state index in [0.717, 1.165) is 41.4 Å². The van der Waals surface area contributed by atoms with Crippen molar-refractivity contribution < 1.29 is 14.6 Å². The summed E-state index contributed by atoms with van der Waals surface area (Å²) in [6.45, 7) is 6.21. The van der Waals surface area contributed by atoms with Crippen molar-refractivity contribution in [3.05, 3.63) is 40.5 Å². The van der Waals surface area contributed by atoms with Crippen molar-refractivity contribution in [3.63, 3.8) is 0 Å². The summed E-state index contributed by atoms with van der Waals surface area (Å²) in [7, 11) is 1.70. The van der Waals surface area contributed by atoms with Crippen molar-refractivity contribution in [2.24, 2.45) is 5.92 Å². The average molecular weight is 314 g/mol. The van der Waals surface area contributed by atoms with Crippen LogP contribution < -0.4 is 4.74 Å². The quantitative estimate of drug-likeness (QED) is 0.941. The summed E-state index contributed by atoms with van der Waals surface area (Å²) in [5, 5.41) is 9.36. The van der Waals surface area contributed by atoms with Crippen LogP contribution in [-0.2, 0) is 19.3 Å². The molecular weight excluding hydrogens is 292 g/mol. The molecule has 0 fully saturated rings. The summed E-state index contributed by atoms with van der Waals surface area (Å²) in [5.41, 5.74) is 4.34. The summed E-state index contributed by atoms with van der Waals surface area (Å²) in [6.07, 6.45) is 2.41. The number of imidazole rings is 1. The molecule has 3 rings (SSSR count). The molecule has 1 aliphatic heterocycles. The second kappa shape index (κ2) is 5.72. The van der Waals surface area contributed by atoms with Gasteiger partial charge >= 0.3 is 5.97 Å². The molecule has 23 heavy (non-hydrogen) atoms. The molecule has 1 aromatic heterocycles. The Labute approximate surface area is 135 Å². The maximum atomic E-state index is 11.4. The number of benzene rings is 1. The van der Waals surface area contributed by atoms with Crippen LogP contribution in [0.15, 0.2) is 12.1 Å². The van der Waals surface area contributed by atoms with E-state index in [0.29, 0.717) is 12.3 Å². The van der Waals surface area contributed by atoms with Gasteiger partial charge in [-0.15, -0.1) is 0 Å². The third-order valence-corrected chi connectivity index (χ3v) is 4.32. The molecule has 122 valence electrons. The van der Waals surface area contributed by atoms with Crippen LogP contribution in [0.1, 0.15) is 47.0 Å². The first-order chi connectivity index (χ1) is 10.9. The predicted molar refractivity (Wildman–Crippen MR) is 87.8 cm³/mol. The van der Waals surface area contributed by atoms with E-state index in [-0.39, 0.29) is 5.69 Å². The number of aromatic nitrogens is 2. The van der Waals surface area contributed by atoms with Crippen LogP contribution in [0.2, 0.25) is 0 Å². The lowest BCUT2D eigenvalue weighted by atomic mass is 9.94. The highest BCUT2D eigenvalue weighted by Gasteiger charge is 2.26. The monoisotopic (exact) mass is 314 g/mol. The van der Waals surface area contributed by atoms with Gasteiger partial charge in [0.05, 0.1) is 18.5 Å². The fourth-order valence-corrected chi connectivity index (χ4v) is 3.40. The molecule has 0 saturated heterocycles. The summed E-state index contributed by atoms with van der Waals surface area (Å²) < 4.78 is 7.55. The van der Waals surface area contributed by atoms with Gasteiger partial charge in [0.1, 0.15) is 11.6 Å². The lowest BCUT2D eigenvalue weighted by Gasteiger charge is -2.23. The number of carboxylic acids is 1. The van der Waals surface area contributed by atoms with E-state index in [1.165, 1.54) is 5.56 Å². The number of nitrogens with zero attached hydrogens (tertiary/aromatic N) is 2. The first kappa shape index (κ1) is 15.6. The highest BCUT2D eigenvalue weighted by Crippen LogP contribution is 2.34. The highest BCUT2D eigenvalue weighted by atomic mass is 16.5. The second-order valence-electron chi connectivity index (χ2n) is 6.49. The van der Waals surface area contributed by atoms with Crippen molar-refractivity contribution in [2.75, 3.05) is 7.11 Å². The fourth-order valence-electron chi connectivity index (χ4n) is 3.40. The number of methoxy groups -OCH3 is 1. The summed E-state index contributed by atoms with van der Waals surface area (Å²) in [4.78, 5) is 15.7. The first-order valence-electron chi connectivity index (χ1n) is 7.94. The molecule has 0 spiro atoms. The Kier molecular flexibility index (Phi) is 3.88. The molecule has 0 unspecified atom stereocenters. The lowest BCUT2D eigenvalue weighted by molar-refractivity contribution is 0.0689. The minimum atomic E-state index is -0.957.